The van der Waals surface area contributed by atoms with Crippen LogP contribution in [0, 0.1) is 11.3 Å². The summed E-state index contributed by atoms with van der Waals surface area (Å²) in [7, 11) is 1.66. The first-order valence-corrected chi connectivity index (χ1v) is 7.35. The fourth-order valence-corrected chi connectivity index (χ4v) is 3.76. The maximum Gasteiger partial charge on any atom is 0.119 e. The lowest BCUT2D eigenvalue weighted by atomic mass is 9.95. The van der Waals surface area contributed by atoms with Crippen molar-refractivity contribution in [1.29, 1.82) is 5.26 Å². The van der Waals surface area contributed by atoms with Crippen LogP contribution in [0.25, 0.3) is 0 Å². The SMILES string of the molecule is COc1ccc(Br)c(CC2(C#N)CCCS2)c1. The van der Waals surface area contributed by atoms with Crippen LogP contribution in [0.5, 0.6) is 5.75 Å². The van der Waals surface area contributed by atoms with E-state index in [1.807, 2.05) is 18.2 Å². The first kappa shape index (κ1) is 12.8. The van der Waals surface area contributed by atoms with Gasteiger partial charge < -0.3 is 4.74 Å². The summed E-state index contributed by atoms with van der Waals surface area (Å²) in [4.78, 5) is 0. The molecule has 4 heteroatoms. The van der Waals surface area contributed by atoms with Gasteiger partial charge in [0, 0.05) is 10.9 Å². The maximum atomic E-state index is 9.38. The average molecular weight is 312 g/mol. The fraction of sp³-hybridized carbons (Fsp3) is 0.462. The first-order valence-electron chi connectivity index (χ1n) is 5.57. The molecule has 1 fully saturated rings. The van der Waals surface area contributed by atoms with E-state index in [0.717, 1.165) is 40.8 Å². The minimum atomic E-state index is -0.241. The van der Waals surface area contributed by atoms with Crippen LogP contribution in [0.3, 0.4) is 0 Å². The second kappa shape index (κ2) is 5.32. The predicted molar refractivity (Wildman–Crippen MR) is 74.4 cm³/mol. The Bertz CT molecular complexity index is 449. The quantitative estimate of drug-likeness (QED) is 0.851. The van der Waals surface area contributed by atoms with Crippen LogP contribution in [0.15, 0.2) is 22.7 Å². The van der Waals surface area contributed by atoms with E-state index in [2.05, 4.69) is 22.0 Å². The van der Waals surface area contributed by atoms with Crippen molar-refractivity contribution in [2.24, 2.45) is 0 Å². The van der Waals surface area contributed by atoms with Gasteiger partial charge in [0.05, 0.1) is 13.2 Å². The maximum absolute atomic E-state index is 9.38. The van der Waals surface area contributed by atoms with E-state index in [-0.39, 0.29) is 4.75 Å². The summed E-state index contributed by atoms with van der Waals surface area (Å²) in [6.07, 6.45) is 2.91. The standard InChI is InChI=1S/C13H14BrNOS/c1-16-11-3-4-12(14)10(7-11)8-13(9-15)5-2-6-17-13/h3-4,7H,2,5-6,8H2,1H3. The van der Waals surface area contributed by atoms with E-state index >= 15 is 0 Å². The summed E-state index contributed by atoms with van der Waals surface area (Å²) >= 11 is 5.33. The van der Waals surface area contributed by atoms with Gasteiger partial charge in [0.1, 0.15) is 10.5 Å². The Morgan fingerprint density at radius 2 is 2.41 bits per heavy atom. The molecule has 1 aliphatic heterocycles. The molecule has 1 unspecified atom stereocenters. The highest BCUT2D eigenvalue weighted by molar-refractivity contribution is 9.10. The highest BCUT2D eigenvalue weighted by Crippen LogP contribution is 2.41. The van der Waals surface area contributed by atoms with E-state index in [4.69, 9.17) is 4.74 Å². The van der Waals surface area contributed by atoms with Gasteiger partial charge in [0.25, 0.3) is 0 Å². The van der Waals surface area contributed by atoms with Gasteiger partial charge in [-0.1, -0.05) is 15.9 Å². The second-order valence-electron chi connectivity index (χ2n) is 4.19. The monoisotopic (exact) mass is 311 g/mol. The van der Waals surface area contributed by atoms with Gasteiger partial charge in [-0.05, 0) is 42.4 Å². The third-order valence-corrected chi connectivity index (χ3v) is 5.29. The van der Waals surface area contributed by atoms with E-state index < -0.39 is 0 Å². The van der Waals surface area contributed by atoms with Gasteiger partial charge in [0.2, 0.25) is 0 Å². The molecule has 0 bridgehead atoms. The average Bonchev–Trinajstić information content (AvgIpc) is 2.81. The molecule has 0 aromatic heterocycles. The van der Waals surface area contributed by atoms with E-state index in [0.29, 0.717) is 0 Å². The number of hydrogen-bond donors (Lipinski definition) is 0. The number of ether oxygens (including phenoxy) is 1. The van der Waals surface area contributed by atoms with E-state index in [1.54, 1.807) is 18.9 Å². The molecular formula is C13H14BrNOS. The molecule has 17 heavy (non-hydrogen) atoms. The minimum absolute atomic E-state index is 0.241. The van der Waals surface area contributed by atoms with Crippen molar-refractivity contribution in [3.8, 4) is 11.8 Å². The molecule has 0 spiro atoms. The Kier molecular flexibility index (Phi) is 4.01. The molecule has 1 atom stereocenters. The van der Waals surface area contributed by atoms with Crippen molar-refractivity contribution < 1.29 is 4.74 Å². The topological polar surface area (TPSA) is 33.0 Å². The van der Waals surface area contributed by atoms with Crippen molar-refractivity contribution in [3.05, 3.63) is 28.2 Å². The van der Waals surface area contributed by atoms with Crippen molar-refractivity contribution in [2.75, 3.05) is 12.9 Å². The van der Waals surface area contributed by atoms with Crippen LogP contribution in [0.2, 0.25) is 0 Å². The Morgan fingerprint density at radius 1 is 1.59 bits per heavy atom. The molecule has 2 nitrogen and oxygen atoms in total. The van der Waals surface area contributed by atoms with Gasteiger partial charge in [-0.15, -0.1) is 11.8 Å². The van der Waals surface area contributed by atoms with Crippen LogP contribution in [0.4, 0.5) is 0 Å². The predicted octanol–water partition coefficient (Wildman–Crippen LogP) is 3.79. The number of rotatable bonds is 3. The van der Waals surface area contributed by atoms with Crippen molar-refractivity contribution in [3.63, 3.8) is 0 Å². The highest BCUT2D eigenvalue weighted by atomic mass is 79.9. The van der Waals surface area contributed by atoms with Gasteiger partial charge in [-0.2, -0.15) is 5.26 Å². The molecule has 1 saturated heterocycles. The molecule has 1 aromatic rings. The number of halogens is 1. The summed E-state index contributed by atoms with van der Waals surface area (Å²) in [5.74, 6) is 1.94. The van der Waals surface area contributed by atoms with E-state index in [9.17, 15) is 5.26 Å². The number of methoxy groups -OCH3 is 1. The molecule has 0 N–H and O–H groups in total. The van der Waals surface area contributed by atoms with Crippen molar-refractivity contribution >= 4 is 27.7 Å². The minimum Gasteiger partial charge on any atom is -0.497 e. The summed E-state index contributed by atoms with van der Waals surface area (Å²) in [6.45, 7) is 0. The second-order valence-corrected chi connectivity index (χ2v) is 6.52. The lowest BCUT2D eigenvalue weighted by Gasteiger charge is -2.20. The van der Waals surface area contributed by atoms with Crippen LogP contribution in [-0.4, -0.2) is 17.6 Å². The highest BCUT2D eigenvalue weighted by Gasteiger charge is 2.35. The summed E-state index contributed by atoms with van der Waals surface area (Å²) in [5, 5.41) is 9.38. The lowest BCUT2D eigenvalue weighted by Crippen LogP contribution is -2.21. The molecule has 1 aliphatic rings. The summed E-state index contributed by atoms with van der Waals surface area (Å²) in [6, 6.07) is 8.42. The van der Waals surface area contributed by atoms with Crippen LogP contribution < -0.4 is 4.74 Å². The molecule has 0 radical (unpaired) electrons. The summed E-state index contributed by atoms with van der Waals surface area (Å²) < 4.78 is 6.05. The van der Waals surface area contributed by atoms with Gasteiger partial charge in [-0.25, -0.2) is 0 Å². The molecule has 1 heterocycles. The number of nitriles is 1. The van der Waals surface area contributed by atoms with Crippen LogP contribution >= 0.6 is 27.7 Å². The van der Waals surface area contributed by atoms with Crippen LogP contribution in [-0.2, 0) is 6.42 Å². The third-order valence-electron chi connectivity index (χ3n) is 3.04. The molecular weight excluding hydrogens is 298 g/mol. The van der Waals surface area contributed by atoms with E-state index in [1.165, 1.54) is 0 Å². The summed E-state index contributed by atoms with van der Waals surface area (Å²) in [5.41, 5.74) is 1.15. The largest absolute Gasteiger partial charge is 0.497 e. The fourth-order valence-electron chi connectivity index (χ4n) is 2.09. The Balaban J connectivity index is 2.26. The smallest absolute Gasteiger partial charge is 0.119 e. The van der Waals surface area contributed by atoms with Crippen molar-refractivity contribution in [1.82, 2.24) is 0 Å². The third kappa shape index (κ3) is 2.78. The zero-order chi connectivity index (χ0) is 12.3. The Morgan fingerprint density at radius 3 is 3.00 bits per heavy atom. The Labute approximate surface area is 114 Å². The van der Waals surface area contributed by atoms with Gasteiger partial charge in [-0.3, -0.25) is 0 Å². The molecule has 1 aromatic carbocycles. The lowest BCUT2D eigenvalue weighted by molar-refractivity contribution is 0.414. The number of thioether (sulfide) groups is 1. The van der Waals surface area contributed by atoms with Gasteiger partial charge in [0.15, 0.2) is 0 Å². The molecule has 0 aliphatic carbocycles. The van der Waals surface area contributed by atoms with Crippen LogP contribution in [0.1, 0.15) is 18.4 Å². The zero-order valence-corrected chi connectivity index (χ0v) is 12.1. The first-order chi connectivity index (χ1) is 8.19. The zero-order valence-electron chi connectivity index (χ0n) is 9.70. The normalized spacial score (nSPS) is 23.4. The molecule has 90 valence electrons. The number of nitrogens with zero attached hydrogens (tertiary/aromatic N) is 1. The van der Waals surface area contributed by atoms with Crippen molar-refractivity contribution in [2.45, 2.75) is 24.0 Å². The number of hydrogen-bond acceptors (Lipinski definition) is 3. The Hall–Kier alpha value is -0.660. The molecule has 0 amide bonds. The number of benzene rings is 1. The molecule has 0 saturated carbocycles. The van der Waals surface area contributed by atoms with Gasteiger partial charge >= 0.3 is 0 Å². The molecule has 2 rings (SSSR count).